The standard InChI is InChI=1S/C17H16BrN3O2/c18-15-7-12(9-19)1-2-16(15)21-10-13-3-5-20-17(8-13)23-14-4-6-22-11-14/h1-3,5,7-8,14,21H,4,6,10-11H2. The van der Waals surface area contributed by atoms with Crippen LogP contribution >= 0.6 is 15.9 Å². The number of aromatic nitrogens is 1. The van der Waals surface area contributed by atoms with E-state index in [2.05, 4.69) is 32.3 Å². The maximum atomic E-state index is 8.89. The predicted molar refractivity (Wildman–Crippen MR) is 90.3 cm³/mol. The molecule has 118 valence electrons. The van der Waals surface area contributed by atoms with Crippen LogP contribution in [0.2, 0.25) is 0 Å². The number of ether oxygens (including phenoxy) is 2. The summed E-state index contributed by atoms with van der Waals surface area (Å²) in [7, 11) is 0. The van der Waals surface area contributed by atoms with Crippen LogP contribution < -0.4 is 10.1 Å². The van der Waals surface area contributed by atoms with Crippen molar-refractivity contribution in [1.82, 2.24) is 4.98 Å². The Morgan fingerprint density at radius 2 is 2.30 bits per heavy atom. The molecule has 1 unspecified atom stereocenters. The Morgan fingerprint density at radius 1 is 1.39 bits per heavy atom. The smallest absolute Gasteiger partial charge is 0.213 e. The van der Waals surface area contributed by atoms with Gasteiger partial charge in [0, 0.05) is 35.4 Å². The summed E-state index contributed by atoms with van der Waals surface area (Å²) in [5.41, 5.74) is 2.64. The van der Waals surface area contributed by atoms with E-state index in [1.807, 2.05) is 18.2 Å². The number of benzene rings is 1. The van der Waals surface area contributed by atoms with Crippen LogP contribution in [-0.4, -0.2) is 24.3 Å². The fourth-order valence-corrected chi connectivity index (χ4v) is 2.85. The summed E-state index contributed by atoms with van der Waals surface area (Å²) >= 11 is 3.47. The minimum atomic E-state index is 0.0957. The zero-order valence-electron chi connectivity index (χ0n) is 12.5. The Morgan fingerprint density at radius 3 is 3.04 bits per heavy atom. The van der Waals surface area contributed by atoms with Crippen molar-refractivity contribution in [3.8, 4) is 11.9 Å². The Kier molecular flexibility index (Phi) is 5.11. The van der Waals surface area contributed by atoms with Crippen molar-refractivity contribution in [2.75, 3.05) is 18.5 Å². The summed E-state index contributed by atoms with van der Waals surface area (Å²) in [5, 5.41) is 12.2. The Balaban J connectivity index is 1.63. The molecule has 6 heteroatoms. The van der Waals surface area contributed by atoms with E-state index < -0.39 is 0 Å². The van der Waals surface area contributed by atoms with E-state index in [1.54, 1.807) is 18.3 Å². The van der Waals surface area contributed by atoms with Crippen LogP contribution in [0, 0.1) is 11.3 Å². The molecule has 1 aromatic heterocycles. The molecule has 0 saturated carbocycles. The first-order valence-electron chi connectivity index (χ1n) is 7.37. The molecular formula is C17H16BrN3O2. The molecule has 3 rings (SSSR count). The Hall–Kier alpha value is -2.10. The van der Waals surface area contributed by atoms with Gasteiger partial charge in [0.15, 0.2) is 0 Å². The molecule has 5 nitrogen and oxygen atoms in total. The number of pyridine rings is 1. The van der Waals surface area contributed by atoms with E-state index >= 15 is 0 Å². The molecule has 0 radical (unpaired) electrons. The lowest BCUT2D eigenvalue weighted by Crippen LogP contribution is -2.16. The zero-order valence-corrected chi connectivity index (χ0v) is 14.0. The molecule has 0 bridgehead atoms. The molecule has 1 atom stereocenters. The second-order valence-corrected chi connectivity index (χ2v) is 6.12. The van der Waals surface area contributed by atoms with Gasteiger partial charge >= 0.3 is 0 Å². The van der Waals surface area contributed by atoms with E-state index in [0.717, 1.165) is 28.8 Å². The van der Waals surface area contributed by atoms with Gasteiger partial charge in [0.2, 0.25) is 5.88 Å². The summed E-state index contributed by atoms with van der Waals surface area (Å²) in [4.78, 5) is 4.25. The highest BCUT2D eigenvalue weighted by Crippen LogP contribution is 2.24. The lowest BCUT2D eigenvalue weighted by Gasteiger charge is -2.12. The number of anilines is 1. The highest BCUT2D eigenvalue weighted by Gasteiger charge is 2.17. The first-order valence-corrected chi connectivity index (χ1v) is 8.17. The number of nitrogens with one attached hydrogen (secondary N) is 1. The fourth-order valence-electron chi connectivity index (χ4n) is 2.33. The molecule has 2 aromatic rings. The summed E-state index contributed by atoms with van der Waals surface area (Å²) in [5.74, 6) is 0.624. The van der Waals surface area contributed by atoms with Crippen molar-refractivity contribution < 1.29 is 9.47 Å². The van der Waals surface area contributed by atoms with Crippen molar-refractivity contribution >= 4 is 21.6 Å². The lowest BCUT2D eigenvalue weighted by molar-refractivity contribution is 0.138. The number of hydrogen-bond donors (Lipinski definition) is 1. The Labute approximate surface area is 143 Å². The van der Waals surface area contributed by atoms with Gasteiger partial charge in [0.25, 0.3) is 0 Å². The maximum Gasteiger partial charge on any atom is 0.213 e. The number of rotatable bonds is 5. The van der Waals surface area contributed by atoms with E-state index in [1.165, 1.54) is 0 Å². The molecule has 1 aliphatic heterocycles. The van der Waals surface area contributed by atoms with Crippen LogP contribution in [0.25, 0.3) is 0 Å². The van der Waals surface area contributed by atoms with E-state index in [9.17, 15) is 0 Å². The largest absolute Gasteiger partial charge is 0.472 e. The van der Waals surface area contributed by atoms with Gasteiger partial charge < -0.3 is 14.8 Å². The van der Waals surface area contributed by atoms with Crippen LogP contribution in [0.15, 0.2) is 41.0 Å². The average molecular weight is 374 g/mol. The number of hydrogen-bond acceptors (Lipinski definition) is 5. The average Bonchev–Trinajstić information content (AvgIpc) is 3.07. The molecule has 0 amide bonds. The number of nitriles is 1. The van der Waals surface area contributed by atoms with E-state index in [-0.39, 0.29) is 6.10 Å². The van der Waals surface area contributed by atoms with Gasteiger partial charge in [0.05, 0.1) is 24.8 Å². The number of nitrogens with zero attached hydrogens (tertiary/aromatic N) is 2. The van der Waals surface area contributed by atoms with Crippen LogP contribution in [-0.2, 0) is 11.3 Å². The predicted octanol–water partition coefficient (Wildman–Crippen LogP) is 3.50. The van der Waals surface area contributed by atoms with Gasteiger partial charge in [0.1, 0.15) is 6.10 Å². The molecular weight excluding hydrogens is 358 g/mol. The first-order chi connectivity index (χ1) is 11.2. The normalized spacial score (nSPS) is 16.8. The molecule has 1 N–H and O–H groups in total. The maximum absolute atomic E-state index is 8.89. The minimum absolute atomic E-state index is 0.0957. The fraction of sp³-hybridized carbons (Fsp3) is 0.294. The molecule has 1 fully saturated rings. The van der Waals surface area contributed by atoms with Crippen molar-refractivity contribution in [2.24, 2.45) is 0 Å². The van der Waals surface area contributed by atoms with Gasteiger partial charge in [-0.2, -0.15) is 5.26 Å². The van der Waals surface area contributed by atoms with Crippen LogP contribution in [0.1, 0.15) is 17.5 Å². The van der Waals surface area contributed by atoms with Crippen molar-refractivity contribution in [2.45, 2.75) is 19.1 Å². The topological polar surface area (TPSA) is 67.2 Å². The third-order valence-electron chi connectivity index (χ3n) is 3.56. The van der Waals surface area contributed by atoms with Crippen molar-refractivity contribution in [3.05, 3.63) is 52.1 Å². The van der Waals surface area contributed by atoms with Gasteiger partial charge in [-0.25, -0.2) is 4.98 Å². The molecule has 1 aromatic carbocycles. The zero-order chi connectivity index (χ0) is 16.1. The third kappa shape index (κ3) is 4.21. The second-order valence-electron chi connectivity index (χ2n) is 5.27. The summed E-state index contributed by atoms with van der Waals surface area (Å²) in [6, 6.07) is 11.5. The highest BCUT2D eigenvalue weighted by atomic mass is 79.9. The monoisotopic (exact) mass is 373 g/mol. The lowest BCUT2D eigenvalue weighted by atomic mass is 10.2. The van der Waals surface area contributed by atoms with E-state index in [4.69, 9.17) is 14.7 Å². The van der Waals surface area contributed by atoms with Crippen LogP contribution in [0.3, 0.4) is 0 Å². The van der Waals surface area contributed by atoms with Crippen LogP contribution in [0.4, 0.5) is 5.69 Å². The van der Waals surface area contributed by atoms with Crippen molar-refractivity contribution in [1.29, 1.82) is 5.26 Å². The molecule has 1 saturated heterocycles. The first kappa shape index (κ1) is 15.8. The quantitative estimate of drug-likeness (QED) is 0.868. The minimum Gasteiger partial charge on any atom is -0.472 e. The molecule has 2 heterocycles. The summed E-state index contributed by atoms with van der Waals surface area (Å²) < 4.78 is 12.0. The van der Waals surface area contributed by atoms with Crippen molar-refractivity contribution in [3.63, 3.8) is 0 Å². The molecule has 0 aliphatic carbocycles. The summed E-state index contributed by atoms with van der Waals surface area (Å²) in [6.45, 7) is 2.02. The third-order valence-corrected chi connectivity index (χ3v) is 4.21. The molecule has 23 heavy (non-hydrogen) atoms. The molecule has 1 aliphatic rings. The van der Waals surface area contributed by atoms with Crippen LogP contribution in [0.5, 0.6) is 5.88 Å². The van der Waals surface area contributed by atoms with Gasteiger partial charge in [-0.05, 0) is 45.8 Å². The summed E-state index contributed by atoms with van der Waals surface area (Å²) in [6.07, 6.45) is 2.75. The number of halogens is 1. The van der Waals surface area contributed by atoms with Gasteiger partial charge in [-0.3, -0.25) is 0 Å². The SMILES string of the molecule is N#Cc1ccc(NCc2ccnc(OC3CCOC3)c2)c(Br)c1. The van der Waals surface area contributed by atoms with E-state index in [0.29, 0.717) is 24.6 Å². The highest BCUT2D eigenvalue weighted by molar-refractivity contribution is 9.10. The van der Waals surface area contributed by atoms with Gasteiger partial charge in [-0.15, -0.1) is 0 Å². The van der Waals surface area contributed by atoms with Gasteiger partial charge in [-0.1, -0.05) is 0 Å². The Bertz CT molecular complexity index is 724. The molecule has 0 spiro atoms. The second kappa shape index (κ2) is 7.44.